The summed E-state index contributed by atoms with van der Waals surface area (Å²) in [6.07, 6.45) is -2.98. The SMILES string of the molecule is CCC1(F)OC=COC1(F)F. The molecule has 64 valence electrons. The van der Waals surface area contributed by atoms with Gasteiger partial charge in [0.25, 0.3) is 0 Å². The van der Waals surface area contributed by atoms with E-state index in [1.165, 1.54) is 6.92 Å². The van der Waals surface area contributed by atoms with Gasteiger partial charge in [0.2, 0.25) is 0 Å². The maximum atomic E-state index is 12.9. The Labute approximate surface area is 61.6 Å². The van der Waals surface area contributed by atoms with Crippen molar-refractivity contribution in [2.24, 2.45) is 0 Å². The van der Waals surface area contributed by atoms with E-state index in [1.54, 1.807) is 0 Å². The van der Waals surface area contributed by atoms with E-state index in [9.17, 15) is 13.2 Å². The first kappa shape index (κ1) is 8.23. The molecule has 0 saturated heterocycles. The molecule has 0 fully saturated rings. The molecule has 0 aromatic carbocycles. The highest BCUT2D eigenvalue weighted by molar-refractivity contribution is 4.86. The molecule has 1 atom stereocenters. The van der Waals surface area contributed by atoms with Crippen LogP contribution in [0.4, 0.5) is 13.2 Å². The molecule has 1 aliphatic rings. The Balaban J connectivity index is 2.86. The zero-order valence-corrected chi connectivity index (χ0v) is 5.81. The van der Waals surface area contributed by atoms with Gasteiger partial charge >= 0.3 is 12.0 Å². The fourth-order valence-corrected chi connectivity index (χ4v) is 0.695. The summed E-state index contributed by atoms with van der Waals surface area (Å²) in [5.74, 6) is -3.03. The van der Waals surface area contributed by atoms with Gasteiger partial charge in [-0.25, -0.2) is 0 Å². The van der Waals surface area contributed by atoms with Gasteiger partial charge in [0, 0.05) is 6.42 Å². The van der Waals surface area contributed by atoms with E-state index in [-0.39, 0.29) is 0 Å². The highest BCUT2D eigenvalue weighted by Crippen LogP contribution is 2.40. The van der Waals surface area contributed by atoms with E-state index in [2.05, 4.69) is 9.47 Å². The van der Waals surface area contributed by atoms with Crippen molar-refractivity contribution in [3.05, 3.63) is 12.5 Å². The lowest BCUT2D eigenvalue weighted by atomic mass is 10.2. The summed E-state index contributed by atoms with van der Waals surface area (Å²) in [5.41, 5.74) is 0. The maximum Gasteiger partial charge on any atom is 0.470 e. The molecule has 0 amide bonds. The van der Waals surface area contributed by atoms with Crippen LogP contribution >= 0.6 is 0 Å². The Hall–Kier alpha value is -0.870. The molecular formula is C6H7F3O2. The van der Waals surface area contributed by atoms with Crippen molar-refractivity contribution in [2.45, 2.75) is 25.3 Å². The van der Waals surface area contributed by atoms with Crippen molar-refractivity contribution >= 4 is 0 Å². The van der Waals surface area contributed by atoms with Crippen molar-refractivity contribution in [2.75, 3.05) is 0 Å². The first-order valence-corrected chi connectivity index (χ1v) is 3.09. The topological polar surface area (TPSA) is 18.5 Å². The number of ether oxygens (including phenoxy) is 2. The molecule has 0 spiro atoms. The summed E-state index contributed by atoms with van der Waals surface area (Å²) in [6.45, 7) is 1.25. The van der Waals surface area contributed by atoms with E-state index in [0.29, 0.717) is 6.26 Å². The van der Waals surface area contributed by atoms with Crippen LogP contribution in [0.2, 0.25) is 0 Å². The van der Waals surface area contributed by atoms with Crippen LogP contribution in [0.1, 0.15) is 13.3 Å². The molecule has 2 nitrogen and oxygen atoms in total. The summed E-state index contributed by atoms with van der Waals surface area (Å²) in [4.78, 5) is 0. The third kappa shape index (κ3) is 1.15. The first-order valence-electron chi connectivity index (χ1n) is 3.09. The number of halogens is 3. The van der Waals surface area contributed by atoms with Gasteiger partial charge in [-0.3, -0.25) is 0 Å². The minimum atomic E-state index is -3.89. The van der Waals surface area contributed by atoms with Gasteiger partial charge in [-0.15, -0.1) is 0 Å². The van der Waals surface area contributed by atoms with Crippen molar-refractivity contribution in [1.29, 1.82) is 0 Å². The minimum Gasteiger partial charge on any atom is -0.454 e. The molecule has 1 aliphatic heterocycles. The molecule has 0 saturated carbocycles. The summed E-state index contributed by atoms with van der Waals surface area (Å²) in [7, 11) is 0. The predicted octanol–water partition coefficient (Wildman–Crippen LogP) is 2.17. The normalized spacial score (nSPS) is 34.2. The van der Waals surface area contributed by atoms with Crippen LogP contribution in [-0.4, -0.2) is 12.0 Å². The van der Waals surface area contributed by atoms with Crippen LogP contribution in [0.15, 0.2) is 12.5 Å². The van der Waals surface area contributed by atoms with Crippen molar-refractivity contribution in [3.8, 4) is 0 Å². The zero-order chi connectivity index (χ0) is 8.54. The average molecular weight is 168 g/mol. The Morgan fingerprint density at radius 1 is 1.18 bits per heavy atom. The smallest absolute Gasteiger partial charge is 0.454 e. The van der Waals surface area contributed by atoms with Crippen LogP contribution in [-0.2, 0) is 9.47 Å². The predicted molar refractivity (Wildman–Crippen MR) is 30.4 cm³/mol. The van der Waals surface area contributed by atoms with Gasteiger partial charge in [0.05, 0.1) is 0 Å². The lowest BCUT2D eigenvalue weighted by Crippen LogP contribution is -2.48. The second kappa shape index (κ2) is 2.32. The largest absolute Gasteiger partial charge is 0.470 e. The Morgan fingerprint density at radius 2 is 1.73 bits per heavy atom. The van der Waals surface area contributed by atoms with Crippen LogP contribution in [0.5, 0.6) is 0 Å². The molecule has 1 rings (SSSR count). The van der Waals surface area contributed by atoms with Gasteiger partial charge in [-0.1, -0.05) is 6.92 Å². The van der Waals surface area contributed by atoms with Crippen molar-refractivity contribution < 1.29 is 22.6 Å². The van der Waals surface area contributed by atoms with Gasteiger partial charge in [-0.05, 0) is 0 Å². The molecule has 0 aliphatic carbocycles. The number of hydrogen-bond donors (Lipinski definition) is 0. The summed E-state index contributed by atoms with van der Waals surface area (Å²) in [6, 6.07) is 0. The van der Waals surface area contributed by atoms with Gasteiger partial charge in [-0.2, -0.15) is 13.2 Å². The molecule has 5 heteroatoms. The number of alkyl halides is 3. The van der Waals surface area contributed by atoms with Crippen molar-refractivity contribution in [3.63, 3.8) is 0 Å². The standard InChI is InChI=1S/C6H7F3O2/c1-2-5(7)6(8,9)11-4-3-10-5/h3-4H,2H2,1H3. The molecule has 0 aromatic rings. The van der Waals surface area contributed by atoms with E-state index >= 15 is 0 Å². The highest BCUT2D eigenvalue weighted by Gasteiger charge is 2.59. The first-order chi connectivity index (χ1) is 5.02. The number of hydrogen-bond acceptors (Lipinski definition) is 2. The Kier molecular flexibility index (Phi) is 1.74. The quantitative estimate of drug-likeness (QED) is 0.597. The zero-order valence-electron chi connectivity index (χ0n) is 5.81. The maximum absolute atomic E-state index is 12.9. The fraction of sp³-hybridized carbons (Fsp3) is 0.667. The van der Waals surface area contributed by atoms with Gasteiger partial charge < -0.3 is 9.47 Å². The van der Waals surface area contributed by atoms with E-state index in [0.717, 1.165) is 6.26 Å². The number of rotatable bonds is 1. The molecule has 11 heavy (non-hydrogen) atoms. The molecular weight excluding hydrogens is 161 g/mol. The Bertz CT molecular complexity index is 181. The van der Waals surface area contributed by atoms with Crippen LogP contribution in [0.25, 0.3) is 0 Å². The highest BCUT2D eigenvalue weighted by atomic mass is 19.3. The summed E-state index contributed by atoms with van der Waals surface area (Å²) in [5, 5.41) is 0. The van der Waals surface area contributed by atoms with Gasteiger partial charge in [0.15, 0.2) is 0 Å². The van der Waals surface area contributed by atoms with Gasteiger partial charge in [0.1, 0.15) is 12.5 Å². The molecule has 0 radical (unpaired) electrons. The van der Waals surface area contributed by atoms with E-state index < -0.39 is 18.4 Å². The van der Waals surface area contributed by atoms with Crippen molar-refractivity contribution in [1.82, 2.24) is 0 Å². The fourth-order valence-electron chi connectivity index (χ4n) is 0.695. The van der Waals surface area contributed by atoms with E-state index in [1.807, 2.05) is 0 Å². The molecule has 0 N–H and O–H groups in total. The summed E-state index contributed by atoms with van der Waals surface area (Å²) < 4.78 is 45.8. The van der Waals surface area contributed by atoms with E-state index in [4.69, 9.17) is 0 Å². The van der Waals surface area contributed by atoms with Crippen LogP contribution < -0.4 is 0 Å². The Morgan fingerprint density at radius 3 is 2.09 bits per heavy atom. The average Bonchev–Trinajstić information content (AvgIpc) is 1.95. The lowest BCUT2D eigenvalue weighted by molar-refractivity contribution is -0.368. The molecule has 1 heterocycles. The molecule has 0 bridgehead atoms. The third-order valence-corrected chi connectivity index (χ3v) is 1.42. The third-order valence-electron chi connectivity index (χ3n) is 1.42. The summed E-state index contributed by atoms with van der Waals surface area (Å²) >= 11 is 0. The second-order valence-electron chi connectivity index (χ2n) is 2.11. The van der Waals surface area contributed by atoms with Crippen LogP contribution in [0, 0.1) is 0 Å². The minimum absolute atomic E-state index is 0.468. The molecule has 1 unspecified atom stereocenters. The van der Waals surface area contributed by atoms with Crippen LogP contribution in [0.3, 0.4) is 0 Å². The second-order valence-corrected chi connectivity index (χ2v) is 2.11. The molecule has 0 aromatic heterocycles. The monoisotopic (exact) mass is 168 g/mol. The lowest BCUT2D eigenvalue weighted by Gasteiger charge is -2.32.